The van der Waals surface area contributed by atoms with E-state index in [-0.39, 0.29) is 5.92 Å². The molecular weight excluding hydrogens is 252 g/mol. The van der Waals surface area contributed by atoms with Gasteiger partial charge in [-0.15, -0.1) is 0 Å². The Morgan fingerprint density at radius 3 is 2.60 bits per heavy atom. The lowest BCUT2D eigenvalue weighted by Crippen LogP contribution is -2.12. The van der Waals surface area contributed by atoms with Crippen LogP contribution in [0.3, 0.4) is 0 Å². The first-order valence-corrected chi connectivity index (χ1v) is 7.19. The van der Waals surface area contributed by atoms with Gasteiger partial charge in [-0.3, -0.25) is 4.79 Å². The first kappa shape index (κ1) is 13.0. The maximum absolute atomic E-state index is 11.2. The summed E-state index contributed by atoms with van der Waals surface area (Å²) >= 11 is 0. The Morgan fingerprint density at radius 1 is 1.10 bits per heavy atom. The lowest BCUT2D eigenvalue weighted by Gasteiger charge is -2.16. The van der Waals surface area contributed by atoms with Crippen LogP contribution in [0.15, 0.2) is 34.9 Å². The highest BCUT2D eigenvalue weighted by Crippen LogP contribution is 2.30. The van der Waals surface area contributed by atoms with Crippen molar-refractivity contribution >= 4 is 5.78 Å². The fourth-order valence-electron chi connectivity index (χ4n) is 2.62. The fraction of sp³-hybridized carbons (Fsp3) is 0.438. The van der Waals surface area contributed by atoms with Crippen molar-refractivity contribution in [1.82, 2.24) is 10.1 Å². The Hall–Kier alpha value is -1.97. The summed E-state index contributed by atoms with van der Waals surface area (Å²) in [5.41, 5.74) is 1.28. The van der Waals surface area contributed by atoms with Crippen molar-refractivity contribution in [2.75, 3.05) is 0 Å². The monoisotopic (exact) mass is 270 g/mol. The quantitative estimate of drug-likeness (QED) is 0.856. The molecule has 1 aliphatic carbocycles. The van der Waals surface area contributed by atoms with Crippen LogP contribution in [0, 0.1) is 0 Å². The average molecular weight is 270 g/mol. The van der Waals surface area contributed by atoms with Crippen LogP contribution in [0.4, 0.5) is 0 Å². The molecule has 4 nitrogen and oxygen atoms in total. The molecule has 104 valence electrons. The summed E-state index contributed by atoms with van der Waals surface area (Å²) in [5.74, 6) is 2.09. The van der Waals surface area contributed by atoms with E-state index in [1.165, 1.54) is 5.56 Å². The molecule has 0 radical (unpaired) electrons. The lowest BCUT2D eigenvalue weighted by molar-refractivity contribution is -0.120. The molecule has 0 bridgehead atoms. The standard InChI is InChI=1S/C16H18N2O2/c19-14-9-7-13(8-10-14)16-17-15(18-20-16)11-6-12-4-2-1-3-5-12/h1-5,13H,6-11H2. The number of hydrogen-bond acceptors (Lipinski definition) is 4. The van der Waals surface area contributed by atoms with Crippen LogP contribution in [-0.2, 0) is 17.6 Å². The summed E-state index contributed by atoms with van der Waals surface area (Å²) < 4.78 is 5.36. The molecule has 0 saturated heterocycles. The van der Waals surface area contributed by atoms with Gasteiger partial charge in [0, 0.05) is 25.2 Å². The predicted molar refractivity (Wildman–Crippen MR) is 74.4 cm³/mol. The van der Waals surface area contributed by atoms with E-state index < -0.39 is 0 Å². The van der Waals surface area contributed by atoms with Crippen molar-refractivity contribution in [1.29, 1.82) is 0 Å². The highest BCUT2D eigenvalue weighted by Gasteiger charge is 2.24. The van der Waals surface area contributed by atoms with Gasteiger partial charge in [-0.1, -0.05) is 35.5 Å². The van der Waals surface area contributed by atoms with Crippen LogP contribution < -0.4 is 0 Å². The van der Waals surface area contributed by atoms with E-state index in [0.717, 1.165) is 31.5 Å². The van der Waals surface area contributed by atoms with Gasteiger partial charge in [-0.05, 0) is 24.8 Å². The van der Waals surface area contributed by atoms with Crippen LogP contribution in [0.1, 0.15) is 48.9 Å². The molecule has 0 atom stereocenters. The number of Topliss-reactive ketones (excluding diaryl/α,β-unsaturated/α-hetero) is 1. The van der Waals surface area contributed by atoms with Gasteiger partial charge in [0.15, 0.2) is 5.82 Å². The highest BCUT2D eigenvalue weighted by molar-refractivity contribution is 5.79. The van der Waals surface area contributed by atoms with Gasteiger partial charge in [0.25, 0.3) is 0 Å². The third kappa shape index (κ3) is 3.13. The zero-order valence-electron chi connectivity index (χ0n) is 11.4. The summed E-state index contributed by atoms with van der Waals surface area (Å²) in [7, 11) is 0. The smallest absolute Gasteiger partial charge is 0.229 e. The number of carbonyl (C=O) groups excluding carboxylic acids is 1. The molecule has 1 aromatic carbocycles. The second kappa shape index (κ2) is 5.99. The number of carbonyl (C=O) groups is 1. The fourth-order valence-corrected chi connectivity index (χ4v) is 2.62. The summed E-state index contributed by atoms with van der Waals surface area (Å²) in [5, 5.41) is 4.05. The van der Waals surface area contributed by atoms with Crippen LogP contribution in [0.2, 0.25) is 0 Å². The van der Waals surface area contributed by atoms with E-state index in [9.17, 15) is 4.79 Å². The van der Waals surface area contributed by atoms with Gasteiger partial charge in [0.05, 0.1) is 0 Å². The van der Waals surface area contributed by atoms with Gasteiger partial charge in [0.2, 0.25) is 5.89 Å². The van der Waals surface area contributed by atoms with Crippen LogP contribution in [0.5, 0.6) is 0 Å². The molecule has 0 aliphatic heterocycles. The average Bonchev–Trinajstić information content (AvgIpc) is 2.96. The Bertz CT molecular complexity index is 567. The van der Waals surface area contributed by atoms with Crippen LogP contribution in [0.25, 0.3) is 0 Å². The van der Waals surface area contributed by atoms with E-state index in [2.05, 4.69) is 22.3 Å². The SMILES string of the molecule is O=C1CCC(c2nc(CCc3ccccc3)no2)CC1. The molecule has 4 heteroatoms. The number of ketones is 1. The van der Waals surface area contributed by atoms with Gasteiger partial charge in [-0.2, -0.15) is 4.98 Å². The van der Waals surface area contributed by atoms with Crippen molar-refractivity contribution in [3.63, 3.8) is 0 Å². The maximum atomic E-state index is 11.2. The number of hydrogen-bond donors (Lipinski definition) is 0. The molecular formula is C16H18N2O2. The number of nitrogens with zero attached hydrogens (tertiary/aromatic N) is 2. The van der Waals surface area contributed by atoms with Crippen molar-refractivity contribution < 1.29 is 9.32 Å². The molecule has 0 spiro atoms. The highest BCUT2D eigenvalue weighted by atomic mass is 16.5. The van der Waals surface area contributed by atoms with Crippen molar-refractivity contribution in [3.05, 3.63) is 47.6 Å². The van der Waals surface area contributed by atoms with Crippen molar-refractivity contribution in [2.45, 2.75) is 44.4 Å². The normalized spacial score (nSPS) is 16.5. The molecule has 1 heterocycles. The molecule has 2 aromatic rings. The number of rotatable bonds is 4. The van der Waals surface area contributed by atoms with Gasteiger partial charge in [0.1, 0.15) is 5.78 Å². The van der Waals surface area contributed by atoms with E-state index >= 15 is 0 Å². The minimum Gasteiger partial charge on any atom is -0.339 e. The molecule has 1 aliphatic rings. The number of aromatic nitrogens is 2. The van der Waals surface area contributed by atoms with Crippen LogP contribution >= 0.6 is 0 Å². The largest absolute Gasteiger partial charge is 0.339 e. The Balaban J connectivity index is 1.58. The second-order valence-electron chi connectivity index (χ2n) is 5.35. The van der Waals surface area contributed by atoms with Crippen molar-refractivity contribution in [2.24, 2.45) is 0 Å². The van der Waals surface area contributed by atoms with E-state index in [0.29, 0.717) is 24.5 Å². The van der Waals surface area contributed by atoms with Crippen molar-refractivity contribution in [3.8, 4) is 0 Å². The summed E-state index contributed by atoms with van der Waals surface area (Å²) in [4.78, 5) is 15.7. The number of aryl methyl sites for hydroxylation is 2. The lowest BCUT2D eigenvalue weighted by atomic mass is 9.88. The first-order chi connectivity index (χ1) is 9.81. The topological polar surface area (TPSA) is 56.0 Å². The minimum atomic E-state index is 0.269. The van der Waals surface area contributed by atoms with Gasteiger partial charge in [-0.25, -0.2) is 0 Å². The summed E-state index contributed by atoms with van der Waals surface area (Å²) in [6.07, 6.45) is 4.69. The van der Waals surface area contributed by atoms with Crippen LogP contribution in [-0.4, -0.2) is 15.9 Å². The summed E-state index contributed by atoms with van der Waals surface area (Å²) in [6, 6.07) is 10.3. The molecule has 1 fully saturated rings. The predicted octanol–water partition coefficient (Wildman–Crippen LogP) is 3.08. The van der Waals surface area contributed by atoms with E-state index in [4.69, 9.17) is 4.52 Å². The second-order valence-corrected chi connectivity index (χ2v) is 5.35. The Kier molecular flexibility index (Phi) is 3.90. The summed E-state index contributed by atoms with van der Waals surface area (Å²) in [6.45, 7) is 0. The van der Waals surface area contributed by atoms with E-state index in [1.807, 2.05) is 18.2 Å². The van der Waals surface area contributed by atoms with Gasteiger partial charge >= 0.3 is 0 Å². The number of benzene rings is 1. The zero-order chi connectivity index (χ0) is 13.8. The van der Waals surface area contributed by atoms with Gasteiger partial charge < -0.3 is 4.52 Å². The third-order valence-electron chi connectivity index (χ3n) is 3.86. The molecule has 0 unspecified atom stereocenters. The first-order valence-electron chi connectivity index (χ1n) is 7.19. The molecule has 0 N–H and O–H groups in total. The zero-order valence-corrected chi connectivity index (χ0v) is 11.4. The Morgan fingerprint density at radius 2 is 1.85 bits per heavy atom. The maximum Gasteiger partial charge on any atom is 0.229 e. The molecule has 0 amide bonds. The molecule has 20 heavy (non-hydrogen) atoms. The Labute approximate surface area is 118 Å². The molecule has 1 saturated carbocycles. The van der Waals surface area contributed by atoms with E-state index in [1.54, 1.807) is 0 Å². The molecule has 1 aromatic heterocycles. The third-order valence-corrected chi connectivity index (χ3v) is 3.86. The molecule has 3 rings (SSSR count). The minimum absolute atomic E-state index is 0.269.